The van der Waals surface area contributed by atoms with Gasteiger partial charge in [-0.2, -0.15) is 0 Å². The number of aromatic nitrogens is 2. The van der Waals surface area contributed by atoms with E-state index >= 15 is 0 Å². The average Bonchev–Trinajstić information content (AvgIpc) is 3.30. The third kappa shape index (κ3) is 6.54. The van der Waals surface area contributed by atoms with Gasteiger partial charge in [0.15, 0.2) is 0 Å². The van der Waals surface area contributed by atoms with E-state index in [-0.39, 0.29) is 27.7 Å². The van der Waals surface area contributed by atoms with Crippen LogP contribution in [0.5, 0.6) is 0 Å². The molecule has 1 aliphatic heterocycles. The van der Waals surface area contributed by atoms with Crippen molar-refractivity contribution in [3.05, 3.63) is 40.1 Å². The third-order valence-electron chi connectivity index (χ3n) is 5.03. The molecule has 3 amide bonds. The van der Waals surface area contributed by atoms with E-state index in [1.54, 1.807) is 4.90 Å². The van der Waals surface area contributed by atoms with Crippen LogP contribution < -0.4 is 10.6 Å². The Morgan fingerprint density at radius 1 is 1.16 bits per heavy atom. The SMILES string of the molecule is CCOCCCNC(=O)C1CCN(C(=O)c2nnc(C(=O)Nc3ccc(F)cc3)s2)CC1. The van der Waals surface area contributed by atoms with E-state index in [1.807, 2.05) is 6.92 Å². The van der Waals surface area contributed by atoms with E-state index in [4.69, 9.17) is 4.74 Å². The maximum Gasteiger partial charge on any atom is 0.286 e. The van der Waals surface area contributed by atoms with Crippen LogP contribution >= 0.6 is 11.3 Å². The number of likely N-dealkylation sites (tertiary alicyclic amines) is 1. The van der Waals surface area contributed by atoms with E-state index in [1.165, 1.54) is 24.3 Å². The Morgan fingerprint density at radius 2 is 1.84 bits per heavy atom. The summed E-state index contributed by atoms with van der Waals surface area (Å²) in [5.41, 5.74) is 0.415. The number of nitrogens with one attached hydrogen (secondary N) is 2. The monoisotopic (exact) mass is 463 g/mol. The van der Waals surface area contributed by atoms with E-state index in [0.29, 0.717) is 51.4 Å². The first kappa shape index (κ1) is 23.7. The van der Waals surface area contributed by atoms with Gasteiger partial charge in [0.05, 0.1) is 0 Å². The number of anilines is 1. The van der Waals surface area contributed by atoms with Crippen molar-refractivity contribution in [2.45, 2.75) is 26.2 Å². The van der Waals surface area contributed by atoms with Crippen LogP contribution in [0.2, 0.25) is 0 Å². The molecular formula is C21H26FN5O4S. The molecule has 172 valence electrons. The lowest BCUT2D eigenvalue weighted by molar-refractivity contribution is -0.126. The van der Waals surface area contributed by atoms with Gasteiger partial charge in [-0.3, -0.25) is 14.4 Å². The number of hydrogen-bond acceptors (Lipinski definition) is 7. The third-order valence-corrected chi connectivity index (χ3v) is 5.94. The predicted octanol–water partition coefficient (Wildman–Crippen LogP) is 2.32. The molecule has 0 atom stereocenters. The number of carbonyl (C=O) groups excluding carboxylic acids is 3. The van der Waals surface area contributed by atoms with Crippen molar-refractivity contribution in [3.63, 3.8) is 0 Å². The van der Waals surface area contributed by atoms with Gasteiger partial charge in [0.25, 0.3) is 11.8 Å². The molecule has 11 heteroatoms. The molecule has 1 fully saturated rings. The first-order chi connectivity index (χ1) is 15.5. The molecule has 32 heavy (non-hydrogen) atoms. The van der Waals surface area contributed by atoms with Crippen molar-refractivity contribution in [1.82, 2.24) is 20.4 Å². The summed E-state index contributed by atoms with van der Waals surface area (Å²) in [5.74, 6) is -1.36. The lowest BCUT2D eigenvalue weighted by atomic mass is 9.96. The van der Waals surface area contributed by atoms with E-state index in [9.17, 15) is 18.8 Å². The first-order valence-corrected chi connectivity index (χ1v) is 11.3. The van der Waals surface area contributed by atoms with Crippen molar-refractivity contribution in [1.29, 1.82) is 0 Å². The fourth-order valence-corrected chi connectivity index (χ4v) is 3.98. The minimum atomic E-state index is -0.520. The molecule has 1 aromatic carbocycles. The quantitative estimate of drug-likeness (QED) is 0.552. The molecule has 0 saturated carbocycles. The molecule has 1 saturated heterocycles. The zero-order chi connectivity index (χ0) is 22.9. The van der Waals surface area contributed by atoms with Crippen LogP contribution in [0.1, 0.15) is 45.8 Å². The van der Waals surface area contributed by atoms with Gasteiger partial charge in [-0.05, 0) is 50.5 Å². The highest BCUT2D eigenvalue weighted by Gasteiger charge is 2.29. The smallest absolute Gasteiger partial charge is 0.286 e. The van der Waals surface area contributed by atoms with Gasteiger partial charge < -0.3 is 20.3 Å². The number of piperidine rings is 1. The summed E-state index contributed by atoms with van der Waals surface area (Å²) in [6.45, 7) is 4.66. The van der Waals surface area contributed by atoms with Crippen LogP contribution in [0, 0.1) is 11.7 Å². The van der Waals surface area contributed by atoms with Gasteiger partial charge in [-0.15, -0.1) is 10.2 Å². The van der Waals surface area contributed by atoms with Crippen LogP contribution in [0.4, 0.5) is 10.1 Å². The van der Waals surface area contributed by atoms with Gasteiger partial charge in [0.2, 0.25) is 15.9 Å². The molecule has 0 aliphatic carbocycles. The lowest BCUT2D eigenvalue weighted by Crippen LogP contribution is -2.43. The molecule has 0 spiro atoms. The van der Waals surface area contributed by atoms with Crippen LogP contribution in [-0.2, 0) is 9.53 Å². The second kappa shape index (κ2) is 11.6. The Morgan fingerprint density at radius 3 is 2.53 bits per heavy atom. The second-order valence-corrected chi connectivity index (χ2v) is 8.26. The number of amides is 3. The Bertz CT molecular complexity index is 929. The zero-order valence-corrected chi connectivity index (χ0v) is 18.6. The Labute approximate surface area is 189 Å². The van der Waals surface area contributed by atoms with Crippen molar-refractivity contribution < 1.29 is 23.5 Å². The van der Waals surface area contributed by atoms with Crippen molar-refractivity contribution in [2.75, 3.05) is 38.2 Å². The Kier molecular flexibility index (Phi) is 8.63. The molecule has 2 heterocycles. The number of benzene rings is 1. The van der Waals surface area contributed by atoms with Crippen molar-refractivity contribution in [2.24, 2.45) is 5.92 Å². The number of carbonyl (C=O) groups is 3. The van der Waals surface area contributed by atoms with Gasteiger partial charge in [0, 0.05) is 44.5 Å². The van der Waals surface area contributed by atoms with E-state index in [2.05, 4.69) is 20.8 Å². The highest BCUT2D eigenvalue weighted by atomic mass is 32.1. The summed E-state index contributed by atoms with van der Waals surface area (Å²) in [7, 11) is 0. The Balaban J connectivity index is 1.46. The summed E-state index contributed by atoms with van der Waals surface area (Å²) in [6.07, 6.45) is 1.91. The number of rotatable bonds is 9. The Hall–Kier alpha value is -2.92. The number of nitrogens with zero attached hydrogens (tertiary/aromatic N) is 3. The summed E-state index contributed by atoms with van der Waals surface area (Å²) in [6, 6.07) is 5.32. The molecular weight excluding hydrogens is 437 g/mol. The summed E-state index contributed by atoms with van der Waals surface area (Å²) in [5, 5.41) is 13.3. The fourth-order valence-electron chi connectivity index (χ4n) is 3.27. The number of ether oxygens (including phenoxy) is 1. The highest BCUT2D eigenvalue weighted by molar-refractivity contribution is 7.15. The van der Waals surface area contributed by atoms with Gasteiger partial charge >= 0.3 is 0 Å². The zero-order valence-electron chi connectivity index (χ0n) is 17.8. The second-order valence-electron chi connectivity index (χ2n) is 7.28. The predicted molar refractivity (Wildman–Crippen MR) is 117 cm³/mol. The summed E-state index contributed by atoms with van der Waals surface area (Å²) < 4.78 is 18.2. The molecule has 2 N–H and O–H groups in total. The van der Waals surface area contributed by atoms with Gasteiger partial charge in [-0.25, -0.2) is 4.39 Å². The van der Waals surface area contributed by atoms with Crippen LogP contribution in [0.3, 0.4) is 0 Å². The molecule has 0 unspecified atom stereocenters. The van der Waals surface area contributed by atoms with E-state index < -0.39 is 11.7 Å². The summed E-state index contributed by atoms with van der Waals surface area (Å²) >= 11 is 0.899. The largest absolute Gasteiger partial charge is 0.382 e. The van der Waals surface area contributed by atoms with Crippen LogP contribution in [0.15, 0.2) is 24.3 Å². The topological polar surface area (TPSA) is 114 Å². The molecule has 1 aromatic heterocycles. The first-order valence-electron chi connectivity index (χ1n) is 10.5. The summed E-state index contributed by atoms with van der Waals surface area (Å²) in [4.78, 5) is 38.9. The van der Waals surface area contributed by atoms with E-state index in [0.717, 1.165) is 17.8 Å². The molecule has 9 nitrogen and oxygen atoms in total. The minimum absolute atomic E-state index is 0.00395. The molecule has 0 bridgehead atoms. The number of halogens is 1. The maximum absolute atomic E-state index is 13.0. The van der Waals surface area contributed by atoms with Gasteiger partial charge in [0.1, 0.15) is 5.82 Å². The number of hydrogen-bond donors (Lipinski definition) is 2. The van der Waals surface area contributed by atoms with Crippen LogP contribution in [-0.4, -0.2) is 65.7 Å². The highest BCUT2D eigenvalue weighted by Crippen LogP contribution is 2.21. The molecule has 2 aromatic rings. The van der Waals surface area contributed by atoms with Gasteiger partial charge in [-0.1, -0.05) is 11.3 Å². The minimum Gasteiger partial charge on any atom is -0.382 e. The maximum atomic E-state index is 13.0. The normalized spacial score (nSPS) is 14.2. The van der Waals surface area contributed by atoms with Crippen LogP contribution in [0.25, 0.3) is 0 Å². The van der Waals surface area contributed by atoms with Crippen molar-refractivity contribution in [3.8, 4) is 0 Å². The molecule has 1 aliphatic rings. The lowest BCUT2D eigenvalue weighted by Gasteiger charge is -2.30. The van der Waals surface area contributed by atoms with Crippen molar-refractivity contribution >= 4 is 34.7 Å². The molecule has 0 radical (unpaired) electrons. The molecule has 3 rings (SSSR count). The average molecular weight is 464 g/mol. The standard InChI is InChI=1S/C21H26FN5O4S/c1-2-31-13-3-10-23-17(28)14-8-11-27(12-9-14)21(30)20-26-25-19(32-20)18(29)24-16-6-4-15(22)5-7-16/h4-7,14H,2-3,8-13H2,1H3,(H,23,28)(H,24,29). The fraction of sp³-hybridized carbons (Fsp3) is 0.476.